The molecule has 0 radical (unpaired) electrons. The van der Waals surface area contributed by atoms with Gasteiger partial charge in [-0.2, -0.15) is 0 Å². The Morgan fingerprint density at radius 3 is 2.47 bits per heavy atom. The van der Waals surface area contributed by atoms with Gasteiger partial charge in [0, 0.05) is 30.9 Å². The zero-order valence-electron chi connectivity index (χ0n) is 11.1. The lowest BCUT2D eigenvalue weighted by Crippen LogP contribution is -2.25. The Labute approximate surface area is 119 Å². The van der Waals surface area contributed by atoms with E-state index in [9.17, 15) is 4.79 Å². The molecule has 0 fully saturated rings. The predicted octanol–water partition coefficient (Wildman–Crippen LogP) is 1.87. The summed E-state index contributed by atoms with van der Waals surface area (Å²) in [5.41, 5.74) is 6.86. The first-order valence-corrected chi connectivity index (χ1v) is 6.81. The molecule has 0 aliphatic rings. The van der Waals surface area contributed by atoms with E-state index in [-0.39, 0.29) is 5.91 Å². The van der Waals surface area contributed by atoms with E-state index in [1.165, 1.54) is 0 Å². The normalized spacial score (nSPS) is 10.2. The second-order valence-corrected chi connectivity index (χ2v) is 4.60. The molecule has 1 amide bonds. The number of ether oxygens (including phenoxy) is 1. The molecule has 0 heterocycles. The van der Waals surface area contributed by atoms with E-state index in [1.54, 1.807) is 24.3 Å². The van der Waals surface area contributed by atoms with E-state index in [1.807, 2.05) is 0 Å². The quantitative estimate of drug-likeness (QED) is 0.563. The van der Waals surface area contributed by atoms with Crippen LogP contribution in [0.3, 0.4) is 0 Å². The number of benzene rings is 1. The first-order valence-electron chi connectivity index (χ1n) is 6.41. The number of thiocarbonyl (C=S) groups is 1. The van der Waals surface area contributed by atoms with Gasteiger partial charge < -0.3 is 15.8 Å². The molecule has 0 spiro atoms. The lowest BCUT2D eigenvalue weighted by Gasteiger charge is -2.06. The Morgan fingerprint density at radius 2 is 1.89 bits per heavy atom. The molecule has 0 aromatic heterocycles. The number of rotatable bonds is 8. The maximum Gasteiger partial charge on any atom is 0.251 e. The average Bonchev–Trinajstić information content (AvgIpc) is 2.42. The summed E-state index contributed by atoms with van der Waals surface area (Å²) in [7, 11) is 0. The van der Waals surface area contributed by atoms with Crippen LogP contribution in [-0.2, 0) is 4.74 Å². The van der Waals surface area contributed by atoms with Gasteiger partial charge in [-0.1, -0.05) is 31.3 Å². The van der Waals surface area contributed by atoms with Gasteiger partial charge in [0.2, 0.25) is 0 Å². The molecule has 0 aliphatic heterocycles. The summed E-state index contributed by atoms with van der Waals surface area (Å²) in [5.74, 6) is -0.0926. The number of nitrogens with two attached hydrogens (primary N) is 1. The average molecular weight is 280 g/mol. The summed E-state index contributed by atoms with van der Waals surface area (Å²) >= 11 is 4.85. The van der Waals surface area contributed by atoms with Gasteiger partial charge >= 0.3 is 0 Å². The smallest absolute Gasteiger partial charge is 0.251 e. The van der Waals surface area contributed by atoms with Crippen molar-refractivity contribution in [1.82, 2.24) is 5.32 Å². The van der Waals surface area contributed by atoms with Gasteiger partial charge in [0.1, 0.15) is 4.99 Å². The van der Waals surface area contributed by atoms with Gasteiger partial charge in [-0.3, -0.25) is 4.79 Å². The van der Waals surface area contributed by atoms with Crippen molar-refractivity contribution in [2.24, 2.45) is 5.73 Å². The highest BCUT2D eigenvalue weighted by Crippen LogP contribution is 2.04. The Bertz CT molecular complexity index is 418. The van der Waals surface area contributed by atoms with Gasteiger partial charge in [0.05, 0.1) is 0 Å². The van der Waals surface area contributed by atoms with Crippen molar-refractivity contribution in [3.63, 3.8) is 0 Å². The van der Waals surface area contributed by atoms with Crippen LogP contribution in [-0.4, -0.2) is 30.7 Å². The molecule has 104 valence electrons. The molecule has 0 unspecified atom stereocenters. The first-order chi connectivity index (χ1) is 9.15. The van der Waals surface area contributed by atoms with Crippen molar-refractivity contribution in [3.05, 3.63) is 35.4 Å². The lowest BCUT2D eigenvalue weighted by molar-refractivity contribution is 0.0941. The summed E-state index contributed by atoms with van der Waals surface area (Å²) in [4.78, 5) is 12.1. The first kappa shape index (κ1) is 15.6. The van der Waals surface area contributed by atoms with E-state index >= 15 is 0 Å². The molecular formula is C14H20N2O2S. The highest BCUT2D eigenvalue weighted by molar-refractivity contribution is 7.80. The van der Waals surface area contributed by atoms with Gasteiger partial charge in [-0.05, 0) is 25.0 Å². The molecule has 0 bridgehead atoms. The highest BCUT2D eigenvalue weighted by Gasteiger charge is 2.05. The standard InChI is InChI=1S/C14H20N2O2S/c1-2-9-18-10-3-8-16-14(17)12-6-4-11(5-7-12)13(15)19/h4-7H,2-3,8-10H2,1H3,(H2,15,19)(H,16,17). The van der Waals surface area contributed by atoms with Gasteiger partial charge in [0.15, 0.2) is 0 Å². The molecule has 0 saturated heterocycles. The zero-order valence-corrected chi connectivity index (χ0v) is 12.0. The fraction of sp³-hybridized carbons (Fsp3) is 0.429. The third kappa shape index (κ3) is 5.81. The molecule has 1 aromatic rings. The third-order valence-corrected chi connectivity index (χ3v) is 2.77. The maximum absolute atomic E-state index is 11.8. The second kappa shape index (κ2) is 8.61. The molecule has 1 rings (SSSR count). The second-order valence-electron chi connectivity index (χ2n) is 4.16. The summed E-state index contributed by atoms with van der Waals surface area (Å²) < 4.78 is 5.33. The minimum atomic E-state index is -0.0926. The minimum Gasteiger partial charge on any atom is -0.389 e. The van der Waals surface area contributed by atoms with Crippen molar-refractivity contribution < 1.29 is 9.53 Å². The maximum atomic E-state index is 11.8. The van der Waals surface area contributed by atoms with E-state index in [0.717, 1.165) is 25.0 Å². The number of carbonyl (C=O) groups is 1. The Morgan fingerprint density at radius 1 is 1.26 bits per heavy atom. The molecule has 5 heteroatoms. The van der Waals surface area contributed by atoms with Crippen LogP contribution in [0.4, 0.5) is 0 Å². The summed E-state index contributed by atoms with van der Waals surface area (Å²) in [6.45, 7) is 4.13. The van der Waals surface area contributed by atoms with Crippen molar-refractivity contribution in [3.8, 4) is 0 Å². The molecular weight excluding hydrogens is 260 g/mol. The minimum absolute atomic E-state index is 0.0926. The highest BCUT2D eigenvalue weighted by atomic mass is 32.1. The fourth-order valence-electron chi connectivity index (χ4n) is 1.51. The molecule has 19 heavy (non-hydrogen) atoms. The fourth-order valence-corrected chi connectivity index (χ4v) is 1.65. The molecule has 4 nitrogen and oxygen atoms in total. The van der Waals surface area contributed by atoms with E-state index in [2.05, 4.69) is 12.2 Å². The molecule has 0 saturated carbocycles. The van der Waals surface area contributed by atoms with Crippen LogP contribution in [0.5, 0.6) is 0 Å². The number of amides is 1. The van der Waals surface area contributed by atoms with Crippen molar-refractivity contribution in [1.29, 1.82) is 0 Å². The van der Waals surface area contributed by atoms with Crippen molar-refractivity contribution >= 4 is 23.1 Å². The Balaban J connectivity index is 2.31. The Kier molecular flexibility index (Phi) is 7.07. The molecule has 0 aliphatic carbocycles. The number of carbonyl (C=O) groups excluding carboxylic acids is 1. The molecule has 1 aromatic carbocycles. The summed E-state index contributed by atoms with van der Waals surface area (Å²) in [6.07, 6.45) is 1.83. The van der Waals surface area contributed by atoms with E-state index < -0.39 is 0 Å². The topological polar surface area (TPSA) is 64.3 Å². The van der Waals surface area contributed by atoms with Crippen LogP contribution in [0.25, 0.3) is 0 Å². The van der Waals surface area contributed by atoms with Gasteiger partial charge in [0.25, 0.3) is 5.91 Å². The predicted molar refractivity (Wildman–Crippen MR) is 80.4 cm³/mol. The largest absolute Gasteiger partial charge is 0.389 e. The van der Waals surface area contributed by atoms with Crippen LogP contribution in [0.1, 0.15) is 35.7 Å². The van der Waals surface area contributed by atoms with E-state index in [0.29, 0.717) is 23.7 Å². The van der Waals surface area contributed by atoms with Crippen LogP contribution in [0, 0.1) is 0 Å². The summed E-state index contributed by atoms with van der Waals surface area (Å²) in [6, 6.07) is 6.94. The van der Waals surface area contributed by atoms with Crippen molar-refractivity contribution in [2.75, 3.05) is 19.8 Å². The van der Waals surface area contributed by atoms with Gasteiger partial charge in [-0.15, -0.1) is 0 Å². The SMILES string of the molecule is CCCOCCCNC(=O)c1ccc(C(N)=S)cc1. The van der Waals surface area contributed by atoms with Crippen LogP contribution in [0.15, 0.2) is 24.3 Å². The van der Waals surface area contributed by atoms with E-state index in [4.69, 9.17) is 22.7 Å². The zero-order chi connectivity index (χ0) is 14.1. The van der Waals surface area contributed by atoms with Crippen LogP contribution >= 0.6 is 12.2 Å². The number of nitrogens with one attached hydrogen (secondary N) is 1. The lowest BCUT2D eigenvalue weighted by atomic mass is 10.1. The van der Waals surface area contributed by atoms with Crippen LogP contribution in [0.2, 0.25) is 0 Å². The van der Waals surface area contributed by atoms with Crippen LogP contribution < -0.4 is 11.1 Å². The molecule has 3 N–H and O–H groups in total. The molecule has 0 atom stereocenters. The van der Waals surface area contributed by atoms with Gasteiger partial charge in [-0.25, -0.2) is 0 Å². The Hall–Kier alpha value is -1.46. The van der Waals surface area contributed by atoms with Crippen molar-refractivity contribution in [2.45, 2.75) is 19.8 Å². The summed E-state index contributed by atoms with van der Waals surface area (Å²) in [5, 5.41) is 2.84. The number of hydrogen-bond donors (Lipinski definition) is 2. The number of hydrogen-bond acceptors (Lipinski definition) is 3. The monoisotopic (exact) mass is 280 g/mol. The third-order valence-electron chi connectivity index (χ3n) is 2.53.